The third-order valence-corrected chi connectivity index (χ3v) is 2.75. The monoisotopic (exact) mass is 207 g/mol. The van der Waals surface area contributed by atoms with Crippen molar-refractivity contribution in [2.24, 2.45) is 0 Å². The molecule has 0 aliphatic heterocycles. The van der Waals surface area contributed by atoms with Crippen LogP contribution < -0.4 is 5.32 Å². The lowest BCUT2D eigenvalue weighted by Crippen LogP contribution is -2.32. The Morgan fingerprint density at radius 2 is 2.00 bits per heavy atom. The van der Waals surface area contributed by atoms with E-state index in [-0.39, 0.29) is 6.04 Å². The molecule has 2 unspecified atom stereocenters. The fourth-order valence-corrected chi connectivity index (χ4v) is 1.78. The number of nitrogens with one attached hydrogen (secondary N) is 1. The van der Waals surface area contributed by atoms with Crippen molar-refractivity contribution >= 4 is 0 Å². The predicted octanol–water partition coefficient (Wildman–Crippen LogP) is 2.33. The molecule has 2 atom stereocenters. The first-order chi connectivity index (χ1) is 7.06. The van der Waals surface area contributed by atoms with Gasteiger partial charge < -0.3 is 10.4 Å². The molecule has 0 aliphatic carbocycles. The molecule has 0 heterocycles. The largest absolute Gasteiger partial charge is 0.387 e. The minimum Gasteiger partial charge on any atom is -0.387 e. The van der Waals surface area contributed by atoms with E-state index in [1.54, 1.807) is 0 Å². The van der Waals surface area contributed by atoms with E-state index < -0.39 is 6.10 Å². The average Bonchev–Trinajstić information content (AvgIpc) is 2.21. The molecule has 15 heavy (non-hydrogen) atoms. The molecule has 0 saturated carbocycles. The van der Waals surface area contributed by atoms with E-state index in [0.717, 1.165) is 17.7 Å². The molecule has 84 valence electrons. The Morgan fingerprint density at radius 3 is 2.60 bits per heavy atom. The molecule has 2 N–H and O–H groups in total. The predicted molar refractivity (Wildman–Crippen MR) is 64.0 cm³/mol. The summed E-state index contributed by atoms with van der Waals surface area (Å²) in [5.74, 6) is 0. The highest BCUT2D eigenvalue weighted by atomic mass is 16.3. The third-order valence-electron chi connectivity index (χ3n) is 2.75. The van der Waals surface area contributed by atoms with E-state index in [1.165, 1.54) is 5.56 Å². The molecule has 1 aromatic carbocycles. The molecule has 0 aromatic heterocycles. The summed E-state index contributed by atoms with van der Waals surface area (Å²) in [7, 11) is 0. The zero-order chi connectivity index (χ0) is 11.4. The lowest BCUT2D eigenvalue weighted by molar-refractivity contribution is 0.136. The van der Waals surface area contributed by atoms with Gasteiger partial charge in [0.2, 0.25) is 0 Å². The fourth-order valence-electron chi connectivity index (χ4n) is 1.78. The highest BCUT2D eigenvalue weighted by Gasteiger charge is 2.16. The van der Waals surface area contributed by atoms with Gasteiger partial charge in [0.1, 0.15) is 0 Å². The Labute approximate surface area is 92.3 Å². The van der Waals surface area contributed by atoms with Crippen molar-refractivity contribution in [2.45, 2.75) is 39.8 Å². The maximum atomic E-state index is 10.2. The van der Waals surface area contributed by atoms with Gasteiger partial charge in [-0.3, -0.25) is 0 Å². The van der Waals surface area contributed by atoms with E-state index in [1.807, 2.05) is 27.7 Å². The number of benzene rings is 1. The average molecular weight is 207 g/mol. The number of hydrogen-bond donors (Lipinski definition) is 2. The number of aliphatic hydroxyl groups excluding tert-OH is 1. The summed E-state index contributed by atoms with van der Waals surface area (Å²) in [5, 5.41) is 13.4. The van der Waals surface area contributed by atoms with Crippen LogP contribution in [0.4, 0.5) is 0 Å². The first-order valence-electron chi connectivity index (χ1n) is 5.54. The lowest BCUT2D eigenvalue weighted by Gasteiger charge is -2.21. The molecule has 1 rings (SSSR count). The van der Waals surface area contributed by atoms with Crippen LogP contribution in [-0.4, -0.2) is 17.7 Å². The quantitative estimate of drug-likeness (QED) is 0.794. The fraction of sp³-hybridized carbons (Fsp3) is 0.538. The van der Waals surface area contributed by atoms with Crippen LogP contribution in [0.1, 0.15) is 36.6 Å². The van der Waals surface area contributed by atoms with E-state index >= 15 is 0 Å². The van der Waals surface area contributed by atoms with Gasteiger partial charge in [-0.15, -0.1) is 0 Å². The van der Waals surface area contributed by atoms with E-state index in [2.05, 4.69) is 23.5 Å². The molecule has 2 heteroatoms. The van der Waals surface area contributed by atoms with Crippen molar-refractivity contribution in [3.05, 3.63) is 34.9 Å². The van der Waals surface area contributed by atoms with Gasteiger partial charge in [0.25, 0.3) is 0 Å². The summed E-state index contributed by atoms with van der Waals surface area (Å²) in [5.41, 5.74) is 3.37. The van der Waals surface area contributed by atoms with Crippen LogP contribution in [-0.2, 0) is 0 Å². The zero-order valence-electron chi connectivity index (χ0n) is 10.0. The second kappa shape index (κ2) is 5.29. The molecule has 0 spiro atoms. The standard InChI is InChI=1S/C13H21NO/c1-5-14-11(4)13(15)12-8-9(2)6-7-10(12)3/h6-8,11,13-15H,5H2,1-4H3. The van der Waals surface area contributed by atoms with E-state index in [4.69, 9.17) is 0 Å². The topological polar surface area (TPSA) is 32.3 Å². The third kappa shape index (κ3) is 3.05. The Hall–Kier alpha value is -0.860. The molecule has 0 bridgehead atoms. The molecule has 1 aromatic rings. The van der Waals surface area contributed by atoms with Crippen LogP contribution in [0.25, 0.3) is 0 Å². The van der Waals surface area contributed by atoms with Crippen LogP contribution in [0.2, 0.25) is 0 Å². The summed E-state index contributed by atoms with van der Waals surface area (Å²) >= 11 is 0. The van der Waals surface area contributed by atoms with E-state index in [9.17, 15) is 5.11 Å². The highest BCUT2D eigenvalue weighted by Crippen LogP contribution is 2.21. The Balaban J connectivity index is 2.89. The Kier molecular flexibility index (Phi) is 4.30. The Morgan fingerprint density at radius 1 is 1.33 bits per heavy atom. The summed E-state index contributed by atoms with van der Waals surface area (Å²) in [6.45, 7) is 9.02. The number of rotatable bonds is 4. The van der Waals surface area contributed by atoms with Gasteiger partial charge in [-0.2, -0.15) is 0 Å². The summed E-state index contributed by atoms with van der Waals surface area (Å²) in [6, 6.07) is 6.29. The first-order valence-corrected chi connectivity index (χ1v) is 5.54. The van der Waals surface area contributed by atoms with Gasteiger partial charge in [0.15, 0.2) is 0 Å². The molecular weight excluding hydrogens is 186 g/mol. The Bertz CT molecular complexity index is 322. The lowest BCUT2D eigenvalue weighted by atomic mass is 9.97. The SMILES string of the molecule is CCNC(C)C(O)c1cc(C)ccc1C. The second-order valence-electron chi connectivity index (χ2n) is 4.15. The van der Waals surface area contributed by atoms with Gasteiger partial charge in [-0.05, 0) is 38.4 Å². The summed E-state index contributed by atoms with van der Waals surface area (Å²) in [6.07, 6.45) is -0.426. The van der Waals surface area contributed by atoms with E-state index in [0.29, 0.717) is 0 Å². The molecule has 0 aliphatic rings. The molecule has 0 saturated heterocycles. The molecule has 0 radical (unpaired) electrons. The minimum atomic E-state index is -0.426. The molecular formula is C13H21NO. The van der Waals surface area contributed by atoms with Crippen LogP contribution in [0, 0.1) is 13.8 Å². The van der Waals surface area contributed by atoms with Crippen LogP contribution in [0.5, 0.6) is 0 Å². The minimum absolute atomic E-state index is 0.0931. The van der Waals surface area contributed by atoms with Crippen LogP contribution in [0.3, 0.4) is 0 Å². The second-order valence-corrected chi connectivity index (χ2v) is 4.15. The maximum absolute atomic E-state index is 10.2. The molecule has 0 fully saturated rings. The van der Waals surface area contributed by atoms with Crippen molar-refractivity contribution in [2.75, 3.05) is 6.54 Å². The number of likely N-dealkylation sites (N-methyl/N-ethyl adjacent to an activating group) is 1. The van der Waals surface area contributed by atoms with Crippen molar-refractivity contribution in [3.8, 4) is 0 Å². The van der Waals surface area contributed by atoms with Gasteiger partial charge in [0, 0.05) is 6.04 Å². The number of hydrogen-bond acceptors (Lipinski definition) is 2. The van der Waals surface area contributed by atoms with Gasteiger partial charge in [-0.25, -0.2) is 0 Å². The number of aliphatic hydroxyl groups is 1. The van der Waals surface area contributed by atoms with Gasteiger partial charge in [0.05, 0.1) is 6.10 Å². The van der Waals surface area contributed by atoms with Crippen LogP contribution >= 0.6 is 0 Å². The smallest absolute Gasteiger partial charge is 0.0942 e. The molecule has 0 amide bonds. The van der Waals surface area contributed by atoms with Gasteiger partial charge in [-0.1, -0.05) is 30.7 Å². The summed E-state index contributed by atoms with van der Waals surface area (Å²) < 4.78 is 0. The zero-order valence-corrected chi connectivity index (χ0v) is 10.0. The van der Waals surface area contributed by atoms with Crippen molar-refractivity contribution in [3.63, 3.8) is 0 Å². The highest BCUT2D eigenvalue weighted by molar-refractivity contribution is 5.32. The summed E-state index contributed by atoms with van der Waals surface area (Å²) in [4.78, 5) is 0. The number of aryl methyl sites for hydroxylation is 2. The van der Waals surface area contributed by atoms with Crippen LogP contribution in [0.15, 0.2) is 18.2 Å². The first kappa shape index (κ1) is 12.2. The molecule has 2 nitrogen and oxygen atoms in total. The normalized spacial score (nSPS) is 15.0. The van der Waals surface area contributed by atoms with Crippen molar-refractivity contribution in [1.82, 2.24) is 5.32 Å². The van der Waals surface area contributed by atoms with Crippen molar-refractivity contribution in [1.29, 1.82) is 0 Å². The van der Waals surface area contributed by atoms with Crippen molar-refractivity contribution < 1.29 is 5.11 Å². The van der Waals surface area contributed by atoms with Gasteiger partial charge >= 0.3 is 0 Å². The maximum Gasteiger partial charge on any atom is 0.0942 e.